The highest BCUT2D eigenvalue weighted by atomic mass is 35.5. The van der Waals surface area contributed by atoms with Gasteiger partial charge in [0.1, 0.15) is 5.82 Å². The first kappa shape index (κ1) is 14.4. The Morgan fingerprint density at radius 3 is 2.63 bits per heavy atom. The molecular weight excluding hydrogens is 267 g/mol. The number of nitriles is 1. The molecule has 3 N–H and O–H groups in total. The lowest BCUT2D eigenvalue weighted by molar-refractivity contribution is -0.364. The summed E-state index contributed by atoms with van der Waals surface area (Å²) in [4.78, 5) is 6.64. The minimum absolute atomic E-state index is 0. The topological polar surface area (TPSA) is 76.8 Å². The van der Waals surface area contributed by atoms with Crippen LogP contribution >= 0.6 is 0 Å². The molecule has 94 valence electrons. The maximum absolute atomic E-state index is 13.1. The molecule has 1 heterocycles. The van der Waals surface area contributed by atoms with Crippen molar-refractivity contribution >= 4 is 5.95 Å². The fraction of sp³-hybridized carbons (Fsp3) is 0. The quantitative estimate of drug-likeness (QED) is 0.559. The summed E-state index contributed by atoms with van der Waals surface area (Å²) in [5, 5.41) is 8.71. The molecule has 0 unspecified atom stereocenters. The van der Waals surface area contributed by atoms with Gasteiger partial charge in [-0.05, 0) is 24.1 Å². The Morgan fingerprint density at radius 2 is 1.95 bits per heavy atom. The Kier molecular flexibility index (Phi) is 4.82. The van der Waals surface area contributed by atoms with Crippen molar-refractivity contribution < 1.29 is 21.8 Å². The van der Waals surface area contributed by atoms with Gasteiger partial charge in [-0.25, -0.2) is 9.37 Å². The zero-order chi connectivity index (χ0) is 13.0. The maximum atomic E-state index is 13.1. The van der Waals surface area contributed by atoms with Crippen LogP contribution in [0.1, 0.15) is 16.8 Å². The minimum atomic E-state index is -0.493. The summed E-state index contributed by atoms with van der Waals surface area (Å²) < 4.78 is 13.1. The van der Waals surface area contributed by atoms with E-state index in [2.05, 4.69) is 21.8 Å². The molecule has 6 heteroatoms. The number of nitrogen functional groups attached to an aromatic ring is 1. The van der Waals surface area contributed by atoms with Gasteiger partial charge in [-0.3, -0.25) is 5.73 Å². The number of hydrogen-bond donors (Lipinski definition) is 1. The second-order valence-electron chi connectivity index (χ2n) is 3.45. The normalized spacial score (nSPS) is 8.63. The van der Waals surface area contributed by atoms with Crippen LogP contribution < -0.4 is 23.1 Å². The molecule has 0 aliphatic rings. The third-order valence-electron chi connectivity index (χ3n) is 2.08. The molecule has 19 heavy (non-hydrogen) atoms. The van der Waals surface area contributed by atoms with Gasteiger partial charge in [-0.1, -0.05) is 10.9 Å². The van der Waals surface area contributed by atoms with Crippen LogP contribution in [0, 0.1) is 29.0 Å². The van der Waals surface area contributed by atoms with Gasteiger partial charge < -0.3 is 12.4 Å². The molecule has 0 amide bonds. The second-order valence-corrected chi connectivity index (χ2v) is 3.45. The molecule has 0 fully saturated rings. The number of aromatic amines is 1. The van der Waals surface area contributed by atoms with Crippen molar-refractivity contribution in [3.05, 3.63) is 53.1 Å². The van der Waals surface area contributed by atoms with Gasteiger partial charge in [0, 0.05) is 11.6 Å². The van der Waals surface area contributed by atoms with E-state index in [1.54, 1.807) is 12.3 Å². The number of benzene rings is 1. The molecule has 2 rings (SSSR count). The van der Waals surface area contributed by atoms with E-state index in [1.807, 2.05) is 6.07 Å². The van der Waals surface area contributed by atoms with Gasteiger partial charge >= 0.3 is 5.95 Å². The average molecular weight is 275 g/mol. The SMILES string of the molecule is N#Cc1cc(F)cc(C#Cc2cc[nH+]c(N)n2)c1.[Cl-]. The predicted molar refractivity (Wildman–Crippen MR) is 62.3 cm³/mol. The monoisotopic (exact) mass is 274 g/mol. The van der Waals surface area contributed by atoms with Crippen molar-refractivity contribution in [2.45, 2.75) is 0 Å². The van der Waals surface area contributed by atoms with E-state index in [9.17, 15) is 4.39 Å². The number of halogens is 2. The fourth-order valence-electron chi connectivity index (χ4n) is 1.34. The van der Waals surface area contributed by atoms with Gasteiger partial charge in [-0.2, -0.15) is 5.26 Å². The highest BCUT2D eigenvalue weighted by Gasteiger charge is 2.00. The van der Waals surface area contributed by atoms with E-state index < -0.39 is 5.82 Å². The number of hydrogen-bond acceptors (Lipinski definition) is 3. The van der Waals surface area contributed by atoms with Crippen molar-refractivity contribution in [2.75, 3.05) is 5.73 Å². The number of nitrogens with zero attached hydrogens (tertiary/aromatic N) is 2. The van der Waals surface area contributed by atoms with Crippen LogP contribution in [0.15, 0.2) is 30.5 Å². The smallest absolute Gasteiger partial charge is 0.388 e. The Hall–Kier alpha value is -2.63. The van der Waals surface area contributed by atoms with Crippen molar-refractivity contribution in [2.24, 2.45) is 0 Å². The zero-order valence-corrected chi connectivity index (χ0v) is 10.4. The molecular formula is C13H8ClFN4. The molecule has 0 atom stereocenters. The highest BCUT2D eigenvalue weighted by molar-refractivity contribution is 5.44. The second kappa shape index (κ2) is 6.34. The molecule has 1 aromatic carbocycles. The van der Waals surface area contributed by atoms with Crippen LogP contribution in [-0.2, 0) is 0 Å². The predicted octanol–water partition coefficient (Wildman–Crippen LogP) is -2.11. The molecule has 2 aromatic rings. The van der Waals surface area contributed by atoms with Crippen LogP contribution in [0.3, 0.4) is 0 Å². The Morgan fingerprint density at radius 1 is 1.21 bits per heavy atom. The first-order valence-electron chi connectivity index (χ1n) is 5.04. The van der Waals surface area contributed by atoms with Gasteiger partial charge in [0.25, 0.3) is 0 Å². The first-order valence-corrected chi connectivity index (χ1v) is 5.04. The van der Waals surface area contributed by atoms with Crippen LogP contribution in [0.25, 0.3) is 0 Å². The Balaban J connectivity index is 0.00000180. The molecule has 0 saturated heterocycles. The van der Waals surface area contributed by atoms with Gasteiger partial charge in [0.05, 0.1) is 17.8 Å². The van der Waals surface area contributed by atoms with Gasteiger partial charge in [-0.15, -0.1) is 0 Å². The van der Waals surface area contributed by atoms with Crippen LogP contribution in [0.2, 0.25) is 0 Å². The van der Waals surface area contributed by atoms with Crippen molar-refractivity contribution in [3.8, 4) is 17.9 Å². The van der Waals surface area contributed by atoms with E-state index in [1.165, 1.54) is 12.1 Å². The Bertz CT molecular complexity index is 698. The molecule has 4 nitrogen and oxygen atoms in total. The Labute approximate surface area is 115 Å². The van der Waals surface area contributed by atoms with E-state index >= 15 is 0 Å². The van der Waals surface area contributed by atoms with E-state index in [0.717, 1.165) is 6.07 Å². The molecule has 0 aliphatic carbocycles. The molecule has 0 spiro atoms. The summed E-state index contributed by atoms with van der Waals surface area (Å²) in [5.74, 6) is 5.23. The molecule has 1 aromatic heterocycles. The summed E-state index contributed by atoms with van der Waals surface area (Å²) in [7, 11) is 0. The molecule has 0 aliphatic heterocycles. The maximum Gasteiger partial charge on any atom is 0.388 e. The molecule has 0 bridgehead atoms. The molecule has 0 radical (unpaired) electrons. The standard InChI is InChI=1S/C13H7FN4.ClH/c14-11-6-9(5-10(7-11)8-15)1-2-12-3-4-17-13(16)18-12;/h3-7H,(H2,16,17,18);1H. The summed E-state index contributed by atoms with van der Waals surface area (Å²) >= 11 is 0. The average Bonchev–Trinajstić information content (AvgIpc) is 2.36. The lowest BCUT2D eigenvalue weighted by atomic mass is 10.1. The van der Waals surface area contributed by atoms with Gasteiger partial charge in [0.15, 0.2) is 5.69 Å². The number of aromatic nitrogens is 2. The van der Waals surface area contributed by atoms with E-state index in [0.29, 0.717) is 11.3 Å². The highest BCUT2D eigenvalue weighted by Crippen LogP contribution is 2.07. The number of rotatable bonds is 0. The van der Waals surface area contributed by atoms with Crippen LogP contribution in [0.4, 0.5) is 10.3 Å². The number of nitrogens with one attached hydrogen (secondary N) is 1. The third kappa shape index (κ3) is 3.95. The zero-order valence-electron chi connectivity index (χ0n) is 9.61. The van der Waals surface area contributed by atoms with Crippen molar-refractivity contribution in [3.63, 3.8) is 0 Å². The van der Waals surface area contributed by atoms with E-state index in [4.69, 9.17) is 11.0 Å². The molecule has 0 saturated carbocycles. The third-order valence-corrected chi connectivity index (χ3v) is 2.08. The summed E-state index contributed by atoms with van der Waals surface area (Å²) in [6.45, 7) is 0. The van der Waals surface area contributed by atoms with Crippen molar-refractivity contribution in [1.29, 1.82) is 5.26 Å². The summed E-state index contributed by atoms with van der Waals surface area (Å²) in [6.07, 6.45) is 1.61. The summed E-state index contributed by atoms with van der Waals surface area (Å²) in [5.41, 5.74) is 6.57. The van der Waals surface area contributed by atoms with E-state index in [-0.39, 0.29) is 23.9 Å². The minimum Gasteiger partial charge on any atom is -1.00 e. The van der Waals surface area contributed by atoms with Crippen LogP contribution in [-0.4, -0.2) is 4.98 Å². The van der Waals surface area contributed by atoms with Gasteiger partial charge in [0.2, 0.25) is 0 Å². The number of H-pyrrole nitrogens is 1. The number of nitrogens with two attached hydrogens (primary N) is 1. The first-order chi connectivity index (χ1) is 8.67. The fourth-order valence-corrected chi connectivity index (χ4v) is 1.34. The largest absolute Gasteiger partial charge is 1.00 e. The lowest BCUT2D eigenvalue weighted by Crippen LogP contribution is -3.00. The summed E-state index contributed by atoms with van der Waals surface area (Å²) in [6, 6.07) is 7.43. The van der Waals surface area contributed by atoms with Crippen LogP contribution in [0.5, 0.6) is 0 Å². The van der Waals surface area contributed by atoms with Crippen molar-refractivity contribution in [1.82, 2.24) is 4.98 Å². The lowest BCUT2D eigenvalue weighted by Gasteiger charge is -1.92. The number of anilines is 1.